The van der Waals surface area contributed by atoms with E-state index in [-0.39, 0.29) is 17.1 Å². The Bertz CT molecular complexity index is 1150. The van der Waals surface area contributed by atoms with Crippen molar-refractivity contribution < 1.29 is 31.2 Å². The van der Waals surface area contributed by atoms with Gasteiger partial charge in [-0.3, -0.25) is 9.59 Å². The summed E-state index contributed by atoms with van der Waals surface area (Å²) in [5.41, 5.74) is -0.605. The number of rotatable bonds is 6. The van der Waals surface area contributed by atoms with Crippen molar-refractivity contribution in [3.8, 4) is 0 Å². The van der Waals surface area contributed by atoms with Gasteiger partial charge in [-0.05, 0) is 55.2 Å². The number of piperidine rings is 1. The minimum Gasteiger partial charge on any atom is -0.347 e. The first-order chi connectivity index (χ1) is 16.0. The normalized spacial score (nSPS) is 15.1. The Hall–Kier alpha value is -2.63. The van der Waals surface area contributed by atoms with E-state index in [1.165, 1.54) is 16.4 Å². The summed E-state index contributed by atoms with van der Waals surface area (Å²) in [4.78, 5) is 24.2. The number of nitrogens with one attached hydrogen (secondary N) is 2. The van der Waals surface area contributed by atoms with Crippen LogP contribution in [0.1, 0.15) is 30.4 Å². The highest BCUT2D eigenvalue weighted by atomic mass is 35.5. The molecule has 0 atom stereocenters. The number of sulfonamides is 1. The van der Waals surface area contributed by atoms with Crippen LogP contribution in [0.4, 0.5) is 18.9 Å². The molecule has 184 valence electrons. The highest BCUT2D eigenvalue weighted by Gasteiger charge is 2.33. The van der Waals surface area contributed by atoms with Crippen LogP contribution >= 0.6 is 11.6 Å². The summed E-state index contributed by atoms with van der Waals surface area (Å²) in [6.45, 7) is 1.08. The van der Waals surface area contributed by atoms with Crippen LogP contribution < -0.4 is 10.6 Å². The third-order valence-electron chi connectivity index (χ3n) is 5.31. The molecule has 2 amide bonds. The van der Waals surface area contributed by atoms with Crippen LogP contribution in [0.2, 0.25) is 5.02 Å². The SMILES string of the molecule is O=C(NCCc1ccc(S(=O)(=O)N2CCCCC2)cc1)C(=O)Nc1ccc(Cl)c(C(F)(F)F)c1. The number of carbonyl (C=O) groups is 2. The van der Waals surface area contributed by atoms with Crippen molar-refractivity contribution in [2.45, 2.75) is 36.8 Å². The Morgan fingerprint density at radius 2 is 1.62 bits per heavy atom. The molecule has 0 aliphatic carbocycles. The Labute approximate surface area is 200 Å². The van der Waals surface area contributed by atoms with E-state index in [9.17, 15) is 31.2 Å². The molecule has 0 radical (unpaired) electrons. The number of hydrogen-bond donors (Lipinski definition) is 2. The van der Waals surface area contributed by atoms with Gasteiger partial charge in [0, 0.05) is 25.3 Å². The molecule has 1 fully saturated rings. The van der Waals surface area contributed by atoms with Crippen LogP contribution in [0, 0.1) is 0 Å². The maximum absolute atomic E-state index is 12.9. The lowest BCUT2D eigenvalue weighted by Crippen LogP contribution is -2.36. The fourth-order valence-electron chi connectivity index (χ4n) is 3.49. The molecule has 0 aromatic heterocycles. The summed E-state index contributed by atoms with van der Waals surface area (Å²) in [7, 11) is -3.54. The van der Waals surface area contributed by atoms with Crippen LogP contribution in [-0.4, -0.2) is 44.2 Å². The number of halogens is 4. The summed E-state index contributed by atoms with van der Waals surface area (Å²) in [5, 5.41) is 3.96. The Morgan fingerprint density at radius 1 is 0.971 bits per heavy atom. The van der Waals surface area contributed by atoms with Crippen molar-refractivity contribution in [2.24, 2.45) is 0 Å². The molecule has 1 aliphatic heterocycles. The van der Waals surface area contributed by atoms with Gasteiger partial charge >= 0.3 is 18.0 Å². The number of carbonyl (C=O) groups excluding carboxylic acids is 2. The van der Waals surface area contributed by atoms with Crippen molar-refractivity contribution in [2.75, 3.05) is 25.0 Å². The van der Waals surface area contributed by atoms with Crippen molar-refractivity contribution in [3.63, 3.8) is 0 Å². The lowest BCUT2D eigenvalue weighted by atomic mass is 10.1. The lowest BCUT2D eigenvalue weighted by molar-refractivity contribution is -0.137. The zero-order valence-electron chi connectivity index (χ0n) is 18.0. The van der Waals surface area contributed by atoms with Gasteiger partial charge in [-0.25, -0.2) is 8.42 Å². The molecule has 7 nitrogen and oxygen atoms in total. The molecule has 2 aromatic rings. The Kier molecular flexibility index (Phi) is 8.21. The van der Waals surface area contributed by atoms with E-state index in [2.05, 4.69) is 10.6 Å². The maximum atomic E-state index is 12.9. The van der Waals surface area contributed by atoms with Crippen molar-refractivity contribution in [3.05, 3.63) is 58.6 Å². The molecule has 2 aromatic carbocycles. The smallest absolute Gasteiger partial charge is 0.347 e. The zero-order chi connectivity index (χ0) is 24.9. The standard InChI is InChI=1S/C22H23ClF3N3O4S/c23-19-9-6-16(14-18(19)22(24,25)26)28-21(31)20(30)27-11-10-15-4-7-17(8-5-15)34(32,33)29-12-2-1-3-13-29/h4-9,14H,1-3,10-13H2,(H,27,30)(H,28,31). The van der Waals surface area contributed by atoms with Crippen LogP contribution in [0.25, 0.3) is 0 Å². The van der Waals surface area contributed by atoms with Gasteiger partial charge in [-0.15, -0.1) is 0 Å². The number of alkyl halides is 3. The van der Waals surface area contributed by atoms with Crippen LogP contribution in [-0.2, 0) is 32.2 Å². The van der Waals surface area contributed by atoms with Gasteiger partial charge in [0.1, 0.15) is 0 Å². The second kappa shape index (κ2) is 10.7. The predicted octanol–water partition coefficient (Wildman–Crippen LogP) is 3.83. The van der Waals surface area contributed by atoms with Gasteiger partial charge in [0.25, 0.3) is 0 Å². The van der Waals surface area contributed by atoms with E-state index in [0.717, 1.165) is 37.0 Å². The average molecular weight is 518 g/mol. The summed E-state index contributed by atoms with van der Waals surface area (Å²) < 4.78 is 65.6. The van der Waals surface area contributed by atoms with Crippen molar-refractivity contribution >= 4 is 39.1 Å². The number of anilines is 1. The van der Waals surface area contributed by atoms with E-state index >= 15 is 0 Å². The summed E-state index contributed by atoms with van der Waals surface area (Å²) in [6.07, 6.45) is -1.69. The van der Waals surface area contributed by atoms with Crippen molar-refractivity contribution in [1.82, 2.24) is 9.62 Å². The minimum atomic E-state index is -4.71. The highest BCUT2D eigenvalue weighted by molar-refractivity contribution is 7.89. The van der Waals surface area contributed by atoms with E-state index < -0.39 is 38.6 Å². The first-order valence-electron chi connectivity index (χ1n) is 10.5. The van der Waals surface area contributed by atoms with E-state index in [1.807, 2.05) is 0 Å². The summed E-state index contributed by atoms with van der Waals surface area (Å²) >= 11 is 5.53. The van der Waals surface area contributed by atoms with Gasteiger partial charge in [-0.1, -0.05) is 30.2 Å². The quantitative estimate of drug-likeness (QED) is 0.569. The van der Waals surface area contributed by atoms with E-state index in [4.69, 9.17) is 11.6 Å². The molecule has 1 aliphatic rings. The Balaban J connectivity index is 1.51. The molecule has 34 heavy (non-hydrogen) atoms. The molecule has 2 N–H and O–H groups in total. The third kappa shape index (κ3) is 6.49. The summed E-state index contributed by atoms with van der Waals surface area (Å²) in [5.74, 6) is -2.15. The fourth-order valence-corrected chi connectivity index (χ4v) is 5.23. The second-order valence-corrected chi connectivity index (χ2v) is 10.1. The average Bonchev–Trinajstić information content (AvgIpc) is 2.80. The largest absolute Gasteiger partial charge is 0.417 e. The molecule has 1 saturated heterocycles. The van der Waals surface area contributed by atoms with Gasteiger partial charge in [-0.2, -0.15) is 17.5 Å². The Morgan fingerprint density at radius 3 is 2.24 bits per heavy atom. The van der Waals surface area contributed by atoms with Crippen LogP contribution in [0.3, 0.4) is 0 Å². The molecule has 1 heterocycles. The maximum Gasteiger partial charge on any atom is 0.417 e. The highest BCUT2D eigenvalue weighted by Crippen LogP contribution is 2.36. The summed E-state index contributed by atoms with van der Waals surface area (Å²) in [6, 6.07) is 9.06. The van der Waals surface area contributed by atoms with Gasteiger partial charge in [0.15, 0.2) is 0 Å². The van der Waals surface area contributed by atoms with Gasteiger partial charge < -0.3 is 10.6 Å². The first kappa shape index (κ1) is 26.0. The lowest BCUT2D eigenvalue weighted by Gasteiger charge is -2.25. The second-order valence-electron chi connectivity index (χ2n) is 7.76. The molecule has 0 unspecified atom stereocenters. The molecule has 0 bridgehead atoms. The fraction of sp³-hybridized carbons (Fsp3) is 0.364. The number of amides is 2. The molecule has 12 heteroatoms. The molecular weight excluding hydrogens is 495 g/mol. The van der Waals surface area contributed by atoms with Gasteiger partial charge in [0.2, 0.25) is 10.0 Å². The van der Waals surface area contributed by atoms with E-state index in [1.54, 1.807) is 12.1 Å². The van der Waals surface area contributed by atoms with Crippen LogP contribution in [0.15, 0.2) is 47.4 Å². The monoisotopic (exact) mass is 517 g/mol. The molecule has 0 saturated carbocycles. The molecule has 3 rings (SSSR count). The van der Waals surface area contributed by atoms with Crippen LogP contribution in [0.5, 0.6) is 0 Å². The minimum absolute atomic E-state index is 0.0683. The first-order valence-corrected chi connectivity index (χ1v) is 12.4. The van der Waals surface area contributed by atoms with E-state index in [0.29, 0.717) is 25.6 Å². The number of hydrogen-bond acceptors (Lipinski definition) is 4. The molecular formula is C22H23ClF3N3O4S. The topological polar surface area (TPSA) is 95.6 Å². The zero-order valence-corrected chi connectivity index (χ0v) is 19.6. The van der Waals surface area contributed by atoms with Crippen molar-refractivity contribution in [1.29, 1.82) is 0 Å². The van der Waals surface area contributed by atoms with Gasteiger partial charge in [0.05, 0.1) is 15.5 Å². The predicted molar refractivity (Wildman–Crippen MR) is 121 cm³/mol. The molecule has 0 spiro atoms. The third-order valence-corrected chi connectivity index (χ3v) is 7.55. The number of benzene rings is 2. The number of nitrogens with zero attached hydrogens (tertiary/aromatic N) is 1.